The highest BCUT2D eigenvalue weighted by Gasteiger charge is 2.17. The summed E-state index contributed by atoms with van der Waals surface area (Å²) >= 11 is 0. The van der Waals surface area contributed by atoms with Gasteiger partial charge < -0.3 is 15.4 Å². The number of amidine groups is 1. The lowest BCUT2D eigenvalue weighted by Crippen LogP contribution is -2.31. The predicted molar refractivity (Wildman–Crippen MR) is 77.3 cm³/mol. The second kappa shape index (κ2) is 6.81. The first-order valence-electron chi connectivity index (χ1n) is 6.95. The molecule has 0 saturated carbocycles. The van der Waals surface area contributed by atoms with Crippen molar-refractivity contribution in [2.45, 2.75) is 19.4 Å². The maximum Gasteiger partial charge on any atom is 0.123 e. The van der Waals surface area contributed by atoms with Crippen LogP contribution in [-0.2, 0) is 11.3 Å². The molecule has 110 valence electrons. The Balaban J connectivity index is 1.99. The predicted octanol–water partition coefficient (Wildman–Crippen LogP) is 1.97. The van der Waals surface area contributed by atoms with Crippen LogP contribution in [0.5, 0.6) is 0 Å². The van der Waals surface area contributed by atoms with Crippen LogP contribution in [0.2, 0.25) is 0 Å². The molecule has 1 heterocycles. The molecule has 0 aromatic heterocycles. The van der Waals surface area contributed by atoms with Gasteiger partial charge in [0.15, 0.2) is 0 Å². The standard InChI is InChI=1S/C15H22FN3O/c1-19(8-11-3-2-6-20-10-11)9-12-4-5-13(16)7-14(12)15(17)18/h4-5,7,11H,2-3,6,8-10H2,1H3,(H3,17,18). The van der Waals surface area contributed by atoms with E-state index in [2.05, 4.69) is 4.90 Å². The van der Waals surface area contributed by atoms with E-state index < -0.39 is 0 Å². The van der Waals surface area contributed by atoms with Gasteiger partial charge in [0.1, 0.15) is 11.7 Å². The van der Waals surface area contributed by atoms with Crippen molar-refractivity contribution < 1.29 is 9.13 Å². The van der Waals surface area contributed by atoms with E-state index >= 15 is 0 Å². The molecule has 0 amide bonds. The van der Waals surface area contributed by atoms with Gasteiger partial charge in [-0.15, -0.1) is 0 Å². The van der Waals surface area contributed by atoms with E-state index in [0.29, 0.717) is 18.0 Å². The molecule has 1 aliphatic heterocycles. The van der Waals surface area contributed by atoms with Crippen LogP contribution in [0.3, 0.4) is 0 Å². The SMILES string of the molecule is CN(Cc1ccc(F)cc1C(=N)N)CC1CCCOC1. The quantitative estimate of drug-likeness (QED) is 0.640. The highest BCUT2D eigenvalue weighted by atomic mass is 19.1. The highest BCUT2D eigenvalue weighted by molar-refractivity contribution is 5.96. The lowest BCUT2D eigenvalue weighted by atomic mass is 10.0. The van der Waals surface area contributed by atoms with Crippen LogP contribution in [0, 0.1) is 17.1 Å². The molecule has 5 heteroatoms. The van der Waals surface area contributed by atoms with Gasteiger partial charge in [-0.05, 0) is 43.5 Å². The van der Waals surface area contributed by atoms with Gasteiger partial charge in [-0.25, -0.2) is 4.39 Å². The summed E-state index contributed by atoms with van der Waals surface area (Å²) in [5.74, 6) is 0.103. The summed E-state index contributed by atoms with van der Waals surface area (Å²) in [6.07, 6.45) is 2.31. The van der Waals surface area contributed by atoms with Gasteiger partial charge in [-0.1, -0.05) is 6.07 Å². The number of nitrogens with two attached hydrogens (primary N) is 1. The third-order valence-electron chi connectivity index (χ3n) is 3.63. The van der Waals surface area contributed by atoms with Gasteiger partial charge >= 0.3 is 0 Å². The zero-order valence-electron chi connectivity index (χ0n) is 11.9. The van der Waals surface area contributed by atoms with Crippen LogP contribution in [0.4, 0.5) is 4.39 Å². The summed E-state index contributed by atoms with van der Waals surface area (Å²) in [5.41, 5.74) is 6.89. The van der Waals surface area contributed by atoms with Crippen LogP contribution >= 0.6 is 0 Å². The molecule has 1 aromatic carbocycles. The Hall–Kier alpha value is -1.46. The number of nitrogen functional groups attached to an aromatic ring is 1. The van der Waals surface area contributed by atoms with E-state index in [1.54, 1.807) is 6.07 Å². The fourth-order valence-corrected chi connectivity index (χ4v) is 2.68. The number of nitrogens with one attached hydrogen (secondary N) is 1. The van der Waals surface area contributed by atoms with E-state index in [9.17, 15) is 4.39 Å². The van der Waals surface area contributed by atoms with Crippen LogP contribution in [-0.4, -0.2) is 37.5 Å². The average molecular weight is 279 g/mol. The molecule has 2 rings (SSSR count). The highest BCUT2D eigenvalue weighted by Crippen LogP contribution is 2.17. The molecule has 1 aromatic rings. The first-order chi connectivity index (χ1) is 9.56. The first-order valence-corrected chi connectivity index (χ1v) is 6.95. The van der Waals surface area contributed by atoms with Crippen molar-refractivity contribution in [1.29, 1.82) is 5.41 Å². The van der Waals surface area contributed by atoms with Gasteiger partial charge in [0.25, 0.3) is 0 Å². The summed E-state index contributed by atoms with van der Waals surface area (Å²) in [4.78, 5) is 2.18. The largest absolute Gasteiger partial charge is 0.384 e. The molecule has 20 heavy (non-hydrogen) atoms. The molecule has 1 unspecified atom stereocenters. The Morgan fingerprint density at radius 3 is 3.00 bits per heavy atom. The summed E-state index contributed by atoms with van der Waals surface area (Å²) in [6, 6.07) is 4.45. The molecular weight excluding hydrogens is 257 g/mol. The number of nitrogens with zero attached hydrogens (tertiary/aromatic N) is 1. The van der Waals surface area contributed by atoms with Gasteiger partial charge in [-0.3, -0.25) is 5.41 Å². The van der Waals surface area contributed by atoms with Crippen molar-refractivity contribution in [2.75, 3.05) is 26.8 Å². The van der Waals surface area contributed by atoms with Gasteiger partial charge in [0.2, 0.25) is 0 Å². The van der Waals surface area contributed by atoms with Crippen LogP contribution in [0.1, 0.15) is 24.0 Å². The molecule has 1 fully saturated rings. The zero-order chi connectivity index (χ0) is 14.5. The summed E-state index contributed by atoms with van der Waals surface area (Å²) < 4.78 is 18.7. The lowest BCUT2D eigenvalue weighted by Gasteiger charge is -2.27. The Bertz CT molecular complexity index is 472. The molecule has 0 aliphatic carbocycles. The second-order valence-electron chi connectivity index (χ2n) is 5.50. The molecule has 1 aliphatic rings. The van der Waals surface area contributed by atoms with Crippen molar-refractivity contribution >= 4 is 5.84 Å². The van der Waals surface area contributed by atoms with Crippen LogP contribution < -0.4 is 5.73 Å². The third kappa shape index (κ3) is 4.02. The van der Waals surface area contributed by atoms with E-state index in [1.807, 2.05) is 7.05 Å². The fourth-order valence-electron chi connectivity index (χ4n) is 2.68. The van der Waals surface area contributed by atoms with Crippen LogP contribution in [0.25, 0.3) is 0 Å². The van der Waals surface area contributed by atoms with Crippen molar-refractivity contribution in [3.63, 3.8) is 0 Å². The third-order valence-corrected chi connectivity index (χ3v) is 3.63. The van der Waals surface area contributed by atoms with Gasteiger partial charge in [0.05, 0.1) is 6.61 Å². The second-order valence-corrected chi connectivity index (χ2v) is 5.50. The minimum atomic E-state index is -0.359. The number of rotatable bonds is 5. The Kier molecular flexibility index (Phi) is 5.09. The maximum absolute atomic E-state index is 13.2. The Morgan fingerprint density at radius 2 is 2.35 bits per heavy atom. The van der Waals surface area contributed by atoms with E-state index in [-0.39, 0.29) is 11.7 Å². The minimum absolute atomic E-state index is 0.0890. The molecule has 1 atom stereocenters. The van der Waals surface area contributed by atoms with Gasteiger partial charge in [0, 0.05) is 25.3 Å². The van der Waals surface area contributed by atoms with Crippen molar-refractivity contribution in [1.82, 2.24) is 4.90 Å². The maximum atomic E-state index is 13.2. The number of hydrogen-bond acceptors (Lipinski definition) is 3. The summed E-state index contributed by atoms with van der Waals surface area (Å²) in [7, 11) is 2.03. The Labute approximate surface area is 119 Å². The Morgan fingerprint density at radius 1 is 1.55 bits per heavy atom. The molecule has 0 radical (unpaired) electrons. The topological polar surface area (TPSA) is 62.3 Å². The van der Waals surface area contributed by atoms with Crippen molar-refractivity contribution in [2.24, 2.45) is 11.7 Å². The number of halogens is 1. The van der Waals surface area contributed by atoms with E-state index in [1.165, 1.54) is 18.6 Å². The summed E-state index contributed by atoms with van der Waals surface area (Å²) in [5, 5.41) is 7.54. The summed E-state index contributed by atoms with van der Waals surface area (Å²) in [6.45, 7) is 3.28. The van der Waals surface area contributed by atoms with E-state index in [4.69, 9.17) is 15.9 Å². The molecule has 0 bridgehead atoms. The number of benzene rings is 1. The monoisotopic (exact) mass is 279 g/mol. The zero-order valence-corrected chi connectivity index (χ0v) is 11.9. The minimum Gasteiger partial charge on any atom is -0.384 e. The number of ether oxygens (including phenoxy) is 1. The first kappa shape index (κ1) is 14.9. The van der Waals surface area contributed by atoms with Crippen molar-refractivity contribution in [3.05, 3.63) is 35.1 Å². The average Bonchev–Trinajstić information content (AvgIpc) is 2.41. The molecular formula is C15H22FN3O. The molecule has 0 spiro atoms. The molecule has 1 saturated heterocycles. The van der Waals surface area contributed by atoms with Crippen molar-refractivity contribution in [3.8, 4) is 0 Å². The fraction of sp³-hybridized carbons (Fsp3) is 0.533. The van der Waals surface area contributed by atoms with E-state index in [0.717, 1.165) is 31.7 Å². The smallest absolute Gasteiger partial charge is 0.123 e. The van der Waals surface area contributed by atoms with Crippen LogP contribution in [0.15, 0.2) is 18.2 Å². The molecule has 4 nitrogen and oxygen atoms in total. The normalized spacial score (nSPS) is 19.2. The lowest BCUT2D eigenvalue weighted by molar-refractivity contribution is 0.0411. The molecule has 3 N–H and O–H groups in total. The number of hydrogen-bond donors (Lipinski definition) is 2. The van der Waals surface area contributed by atoms with Gasteiger partial charge in [-0.2, -0.15) is 0 Å².